The topological polar surface area (TPSA) is 49.4 Å². The first-order valence-corrected chi connectivity index (χ1v) is 8.25. The smallest absolute Gasteiger partial charge is 0.251 e. The Morgan fingerprint density at radius 1 is 1.18 bits per heavy atom. The lowest BCUT2D eigenvalue weighted by Gasteiger charge is -2.18. The normalized spacial score (nSPS) is 14.8. The summed E-state index contributed by atoms with van der Waals surface area (Å²) >= 11 is 0. The minimum absolute atomic E-state index is 0.0308. The summed E-state index contributed by atoms with van der Waals surface area (Å²) in [5.74, 6) is 0.180. The highest BCUT2D eigenvalue weighted by Crippen LogP contribution is 2.17. The van der Waals surface area contributed by atoms with Crippen LogP contribution in [-0.4, -0.2) is 29.8 Å². The molecule has 0 saturated carbocycles. The van der Waals surface area contributed by atoms with Gasteiger partial charge in [-0.3, -0.25) is 9.59 Å². The van der Waals surface area contributed by atoms with Gasteiger partial charge in [0.05, 0.1) is 0 Å². The summed E-state index contributed by atoms with van der Waals surface area (Å²) in [4.78, 5) is 24.9. The molecule has 0 radical (unpaired) electrons. The number of carbonyl (C=O) groups is 2. The summed E-state index contributed by atoms with van der Waals surface area (Å²) in [6, 6.07) is 0. The summed E-state index contributed by atoms with van der Waals surface area (Å²) in [6.07, 6.45) is 8.84. The molecule has 1 aliphatic rings. The van der Waals surface area contributed by atoms with Crippen molar-refractivity contribution in [3.05, 3.63) is 24.4 Å². The van der Waals surface area contributed by atoms with Gasteiger partial charge in [-0.1, -0.05) is 40.2 Å². The molecule has 0 unspecified atom stereocenters. The number of nitrogens with one attached hydrogen (secondary N) is 1. The summed E-state index contributed by atoms with van der Waals surface area (Å²) in [5.41, 5.74) is 1.04. The molecule has 1 rings (SSSR count). The molecule has 22 heavy (non-hydrogen) atoms. The largest absolute Gasteiger partial charge is 0.356 e. The van der Waals surface area contributed by atoms with Gasteiger partial charge >= 0.3 is 0 Å². The van der Waals surface area contributed by atoms with E-state index in [4.69, 9.17) is 0 Å². The molecule has 2 amide bonds. The van der Waals surface area contributed by atoms with E-state index >= 15 is 0 Å². The van der Waals surface area contributed by atoms with Crippen LogP contribution in [0.4, 0.5) is 0 Å². The quantitative estimate of drug-likeness (QED) is 0.664. The molecule has 0 aliphatic carbocycles. The second-order valence-electron chi connectivity index (χ2n) is 7.14. The molecular formula is C18H30N2O2. The molecule has 0 bridgehead atoms. The van der Waals surface area contributed by atoms with Crippen molar-refractivity contribution in [2.45, 2.75) is 59.3 Å². The Labute approximate surface area is 134 Å². The van der Waals surface area contributed by atoms with E-state index in [2.05, 4.69) is 32.7 Å². The van der Waals surface area contributed by atoms with E-state index in [0.717, 1.165) is 50.9 Å². The number of amides is 2. The highest BCUT2D eigenvalue weighted by atomic mass is 16.2. The molecule has 0 spiro atoms. The third-order valence-electron chi connectivity index (χ3n) is 3.76. The Bertz CT molecular complexity index is 415. The minimum Gasteiger partial charge on any atom is -0.356 e. The van der Waals surface area contributed by atoms with Crippen molar-refractivity contribution in [3.8, 4) is 0 Å². The molecule has 0 aromatic rings. The predicted molar refractivity (Wildman–Crippen MR) is 90.2 cm³/mol. The zero-order valence-corrected chi connectivity index (χ0v) is 14.3. The zero-order valence-electron chi connectivity index (χ0n) is 14.3. The maximum Gasteiger partial charge on any atom is 0.251 e. The Morgan fingerprint density at radius 3 is 2.45 bits per heavy atom. The predicted octanol–water partition coefficient (Wildman–Crippen LogP) is 3.40. The fourth-order valence-corrected chi connectivity index (χ4v) is 2.32. The van der Waals surface area contributed by atoms with Crippen molar-refractivity contribution in [1.82, 2.24) is 10.2 Å². The summed E-state index contributed by atoms with van der Waals surface area (Å²) in [6.45, 7) is 11.8. The summed E-state index contributed by atoms with van der Waals surface area (Å²) in [5, 5.41) is 2.97. The van der Waals surface area contributed by atoms with E-state index in [9.17, 15) is 9.59 Å². The van der Waals surface area contributed by atoms with Gasteiger partial charge in [0.15, 0.2) is 0 Å². The van der Waals surface area contributed by atoms with Gasteiger partial charge in [0, 0.05) is 31.3 Å². The van der Waals surface area contributed by atoms with Gasteiger partial charge in [0.25, 0.3) is 5.91 Å². The van der Waals surface area contributed by atoms with Gasteiger partial charge in [-0.15, -0.1) is 0 Å². The fourth-order valence-electron chi connectivity index (χ4n) is 2.32. The lowest BCUT2D eigenvalue weighted by molar-refractivity contribution is -0.123. The van der Waals surface area contributed by atoms with Crippen LogP contribution < -0.4 is 5.32 Å². The van der Waals surface area contributed by atoms with Gasteiger partial charge in [-0.25, -0.2) is 0 Å². The maximum atomic E-state index is 11.7. The van der Waals surface area contributed by atoms with Crippen molar-refractivity contribution in [2.24, 2.45) is 5.41 Å². The Hall–Kier alpha value is -1.58. The standard InChI is InChI=1S/C18H30N2O2/c1-15-10-11-17(22)20(15)14-8-6-5-7-9-16(21)19-13-12-18(2,3)4/h10-11H,1,5-9,12-14H2,2-4H3,(H,19,21). The molecule has 0 fully saturated rings. The number of hydrogen-bond donors (Lipinski definition) is 1. The van der Waals surface area contributed by atoms with Crippen molar-refractivity contribution in [2.75, 3.05) is 13.1 Å². The molecule has 0 atom stereocenters. The van der Waals surface area contributed by atoms with Crippen LogP contribution in [0.2, 0.25) is 0 Å². The molecule has 0 saturated heterocycles. The first kappa shape index (κ1) is 18.5. The number of rotatable bonds is 9. The van der Waals surface area contributed by atoms with E-state index < -0.39 is 0 Å². The van der Waals surface area contributed by atoms with Crippen LogP contribution >= 0.6 is 0 Å². The van der Waals surface area contributed by atoms with Gasteiger partial charge in [0.2, 0.25) is 5.91 Å². The van der Waals surface area contributed by atoms with Crippen molar-refractivity contribution in [1.29, 1.82) is 0 Å². The molecule has 4 nitrogen and oxygen atoms in total. The van der Waals surface area contributed by atoms with Gasteiger partial charge in [-0.05, 0) is 30.8 Å². The van der Waals surface area contributed by atoms with E-state index in [-0.39, 0.29) is 17.2 Å². The van der Waals surface area contributed by atoms with Crippen molar-refractivity contribution < 1.29 is 9.59 Å². The van der Waals surface area contributed by atoms with Crippen LogP contribution in [0.25, 0.3) is 0 Å². The van der Waals surface area contributed by atoms with Gasteiger partial charge in [0.1, 0.15) is 0 Å². The van der Waals surface area contributed by atoms with E-state index in [1.54, 1.807) is 17.1 Å². The van der Waals surface area contributed by atoms with Crippen LogP contribution in [0, 0.1) is 5.41 Å². The third kappa shape index (κ3) is 7.43. The molecule has 1 aliphatic heterocycles. The fraction of sp³-hybridized carbons (Fsp3) is 0.667. The molecule has 124 valence electrons. The highest BCUT2D eigenvalue weighted by molar-refractivity contribution is 5.92. The second-order valence-corrected chi connectivity index (χ2v) is 7.14. The van der Waals surface area contributed by atoms with Gasteiger partial charge < -0.3 is 10.2 Å². The highest BCUT2D eigenvalue weighted by Gasteiger charge is 2.17. The second kappa shape index (κ2) is 8.76. The molecular weight excluding hydrogens is 276 g/mol. The monoisotopic (exact) mass is 306 g/mol. The van der Waals surface area contributed by atoms with Crippen molar-refractivity contribution in [3.63, 3.8) is 0 Å². The Morgan fingerprint density at radius 2 is 1.86 bits per heavy atom. The number of unbranched alkanes of at least 4 members (excludes halogenated alkanes) is 3. The van der Waals surface area contributed by atoms with Crippen LogP contribution in [0.3, 0.4) is 0 Å². The average molecular weight is 306 g/mol. The molecule has 1 N–H and O–H groups in total. The van der Waals surface area contributed by atoms with Crippen molar-refractivity contribution >= 4 is 11.8 Å². The zero-order chi connectivity index (χ0) is 16.6. The Kier molecular flexibility index (Phi) is 7.36. The van der Waals surface area contributed by atoms with E-state index in [1.165, 1.54) is 0 Å². The van der Waals surface area contributed by atoms with Crippen LogP contribution in [0.15, 0.2) is 24.4 Å². The maximum absolute atomic E-state index is 11.7. The first-order valence-electron chi connectivity index (χ1n) is 8.25. The number of hydrogen-bond acceptors (Lipinski definition) is 2. The Balaban J connectivity index is 1.98. The van der Waals surface area contributed by atoms with E-state index in [1.807, 2.05) is 0 Å². The third-order valence-corrected chi connectivity index (χ3v) is 3.76. The van der Waals surface area contributed by atoms with E-state index in [0.29, 0.717) is 6.42 Å². The lowest BCUT2D eigenvalue weighted by Crippen LogP contribution is -2.27. The molecule has 4 heteroatoms. The first-order chi connectivity index (χ1) is 10.3. The molecule has 0 aromatic heterocycles. The van der Waals surface area contributed by atoms with Crippen LogP contribution in [-0.2, 0) is 9.59 Å². The SMILES string of the molecule is C=C1C=CC(=O)N1CCCCCCC(=O)NCCC(C)(C)C. The number of allylic oxidation sites excluding steroid dienone is 1. The lowest BCUT2D eigenvalue weighted by atomic mass is 9.92. The van der Waals surface area contributed by atoms with Crippen LogP contribution in [0.5, 0.6) is 0 Å². The average Bonchev–Trinajstić information content (AvgIpc) is 2.72. The minimum atomic E-state index is 0.0308. The summed E-state index contributed by atoms with van der Waals surface area (Å²) in [7, 11) is 0. The number of nitrogens with zero attached hydrogens (tertiary/aromatic N) is 1. The van der Waals surface area contributed by atoms with Gasteiger partial charge in [-0.2, -0.15) is 0 Å². The van der Waals surface area contributed by atoms with Crippen LogP contribution in [0.1, 0.15) is 59.3 Å². The molecule has 1 heterocycles. The summed E-state index contributed by atoms with van der Waals surface area (Å²) < 4.78 is 0. The molecule has 0 aromatic carbocycles. The number of carbonyl (C=O) groups excluding carboxylic acids is 2.